The van der Waals surface area contributed by atoms with Crippen LogP contribution in [0.25, 0.3) is 0 Å². The highest BCUT2D eigenvalue weighted by Gasteiger charge is 2.34. The van der Waals surface area contributed by atoms with Crippen LogP contribution in [0.4, 0.5) is 0 Å². The first kappa shape index (κ1) is 17.4. The summed E-state index contributed by atoms with van der Waals surface area (Å²) < 4.78 is 5.47. The van der Waals surface area contributed by atoms with Crippen molar-refractivity contribution in [2.24, 2.45) is 5.10 Å². The van der Waals surface area contributed by atoms with E-state index in [1.807, 2.05) is 53.9 Å². The van der Waals surface area contributed by atoms with Crippen molar-refractivity contribution in [3.05, 3.63) is 75.8 Å². The summed E-state index contributed by atoms with van der Waals surface area (Å²) in [5.41, 5.74) is 0.804. The number of hydrazone groups is 1. The Hall–Kier alpha value is -2.02. The van der Waals surface area contributed by atoms with Crippen LogP contribution in [-0.2, 0) is 4.79 Å². The molecule has 2 aromatic heterocycles. The van der Waals surface area contributed by atoms with Crippen LogP contribution < -0.4 is 0 Å². The van der Waals surface area contributed by atoms with E-state index in [1.165, 1.54) is 11.8 Å². The number of thioether (sulfide) groups is 1. The molecule has 0 fully saturated rings. The van der Waals surface area contributed by atoms with Gasteiger partial charge in [0, 0.05) is 21.2 Å². The molecule has 4 nitrogen and oxygen atoms in total. The number of thiophene rings is 1. The average molecular weight is 403 g/mol. The number of furan rings is 1. The summed E-state index contributed by atoms with van der Waals surface area (Å²) >= 11 is 9.03. The van der Waals surface area contributed by atoms with Crippen LogP contribution in [0, 0.1) is 0 Å². The number of nitrogens with zero attached hydrogens (tertiary/aromatic N) is 2. The van der Waals surface area contributed by atoms with E-state index in [0.717, 1.165) is 15.5 Å². The SMILES string of the molecule is O=C(CSc1ccc(Cl)cc1)N1N=C(c2ccco2)CC1c1cccs1. The monoisotopic (exact) mass is 402 g/mol. The van der Waals surface area contributed by atoms with E-state index in [2.05, 4.69) is 5.10 Å². The molecule has 1 aromatic carbocycles. The largest absolute Gasteiger partial charge is 0.463 e. The van der Waals surface area contributed by atoms with Crippen LogP contribution in [0.1, 0.15) is 23.1 Å². The Bertz CT molecular complexity index is 906. The Morgan fingerprint density at radius 3 is 2.81 bits per heavy atom. The molecule has 3 heterocycles. The molecule has 0 N–H and O–H groups in total. The minimum Gasteiger partial charge on any atom is -0.463 e. The van der Waals surface area contributed by atoms with E-state index in [4.69, 9.17) is 16.0 Å². The second-order valence-corrected chi connectivity index (χ2v) is 8.20. The normalized spacial score (nSPS) is 16.7. The van der Waals surface area contributed by atoms with Crippen molar-refractivity contribution in [3.8, 4) is 0 Å². The summed E-state index contributed by atoms with van der Waals surface area (Å²) in [6, 6.07) is 15.2. The molecule has 0 radical (unpaired) electrons. The molecule has 4 rings (SSSR count). The first-order valence-corrected chi connectivity index (χ1v) is 10.3. The summed E-state index contributed by atoms with van der Waals surface area (Å²) in [6.45, 7) is 0. The van der Waals surface area contributed by atoms with Crippen LogP contribution in [-0.4, -0.2) is 22.4 Å². The molecule has 1 aliphatic heterocycles. The van der Waals surface area contributed by atoms with Gasteiger partial charge in [-0.1, -0.05) is 17.7 Å². The van der Waals surface area contributed by atoms with Gasteiger partial charge in [-0.3, -0.25) is 4.79 Å². The zero-order valence-electron chi connectivity index (χ0n) is 13.7. The molecule has 7 heteroatoms. The van der Waals surface area contributed by atoms with Crippen LogP contribution >= 0.6 is 34.7 Å². The second-order valence-electron chi connectivity index (χ2n) is 5.74. The maximum Gasteiger partial charge on any atom is 0.253 e. The summed E-state index contributed by atoms with van der Waals surface area (Å²) in [4.78, 5) is 15.0. The maximum absolute atomic E-state index is 12.9. The van der Waals surface area contributed by atoms with Crippen molar-refractivity contribution < 1.29 is 9.21 Å². The molecular weight excluding hydrogens is 388 g/mol. The van der Waals surface area contributed by atoms with Crippen LogP contribution in [0.5, 0.6) is 0 Å². The zero-order chi connectivity index (χ0) is 17.9. The van der Waals surface area contributed by atoms with Crippen LogP contribution in [0.3, 0.4) is 0 Å². The van der Waals surface area contributed by atoms with Gasteiger partial charge in [0.25, 0.3) is 5.91 Å². The molecular formula is C19H15ClN2O2S2. The Morgan fingerprint density at radius 2 is 2.12 bits per heavy atom. The molecule has 0 saturated heterocycles. The highest BCUT2D eigenvalue weighted by Crippen LogP contribution is 2.36. The standard InChI is InChI=1S/C19H15ClN2O2S2/c20-13-5-7-14(8-6-13)26-12-19(23)22-16(18-4-2-10-25-18)11-15(21-22)17-3-1-9-24-17/h1-10,16H,11-12H2. The number of hydrogen-bond donors (Lipinski definition) is 0. The van der Waals surface area contributed by atoms with Gasteiger partial charge >= 0.3 is 0 Å². The lowest BCUT2D eigenvalue weighted by Gasteiger charge is -2.20. The summed E-state index contributed by atoms with van der Waals surface area (Å²) in [7, 11) is 0. The number of carbonyl (C=O) groups is 1. The molecule has 26 heavy (non-hydrogen) atoms. The third kappa shape index (κ3) is 3.72. The van der Waals surface area contributed by atoms with E-state index >= 15 is 0 Å². The fourth-order valence-electron chi connectivity index (χ4n) is 2.78. The smallest absolute Gasteiger partial charge is 0.253 e. The van der Waals surface area contributed by atoms with Crippen LogP contribution in [0.15, 0.2) is 74.6 Å². The maximum atomic E-state index is 12.9. The molecule has 132 valence electrons. The molecule has 1 aliphatic rings. The highest BCUT2D eigenvalue weighted by molar-refractivity contribution is 8.00. The number of halogens is 1. The molecule has 3 aromatic rings. The molecule has 0 spiro atoms. The topological polar surface area (TPSA) is 45.8 Å². The average Bonchev–Trinajstić information content (AvgIpc) is 3.41. The predicted molar refractivity (Wildman–Crippen MR) is 106 cm³/mol. The van der Waals surface area contributed by atoms with E-state index in [0.29, 0.717) is 23.0 Å². The Morgan fingerprint density at radius 1 is 1.27 bits per heavy atom. The quantitative estimate of drug-likeness (QED) is 0.532. The van der Waals surface area contributed by atoms with E-state index in [-0.39, 0.29) is 11.9 Å². The van der Waals surface area contributed by atoms with Gasteiger partial charge in [-0.05, 0) is 47.8 Å². The summed E-state index contributed by atoms with van der Waals surface area (Å²) in [6.07, 6.45) is 2.28. The molecule has 1 unspecified atom stereocenters. The van der Waals surface area contributed by atoms with Gasteiger partial charge in [-0.25, -0.2) is 5.01 Å². The fourth-order valence-corrected chi connectivity index (χ4v) is 4.47. The van der Waals surface area contributed by atoms with Crippen molar-refractivity contribution in [1.82, 2.24) is 5.01 Å². The summed E-state index contributed by atoms with van der Waals surface area (Å²) in [5, 5.41) is 8.88. The highest BCUT2D eigenvalue weighted by atomic mass is 35.5. The minimum atomic E-state index is -0.0755. The van der Waals surface area contributed by atoms with Gasteiger partial charge in [0.05, 0.1) is 18.1 Å². The van der Waals surface area contributed by atoms with Gasteiger partial charge in [0.1, 0.15) is 11.5 Å². The van der Waals surface area contributed by atoms with Crippen molar-refractivity contribution in [3.63, 3.8) is 0 Å². The molecule has 0 bridgehead atoms. The molecule has 0 aliphatic carbocycles. The zero-order valence-corrected chi connectivity index (χ0v) is 16.1. The third-order valence-corrected chi connectivity index (χ3v) is 6.24. The van der Waals surface area contributed by atoms with Gasteiger partial charge in [-0.2, -0.15) is 5.10 Å². The number of rotatable bonds is 5. The number of hydrogen-bond acceptors (Lipinski definition) is 5. The van der Waals surface area contributed by atoms with Gasteiger partial charge in [0.2, 0.25) is 0 Å². The number of benzene rings is 1. The van der Waals surface area contributed by atoms with E-state index in [1.54, 1.807) is 22.6 Å². The lowest BCUT2D eigenvalue weighted by atomic mass is 10.1. The fraction of sp³-hybridized carbons (Fsp3) is 0.158. The van der Waals surface area contributed by atoms with E-state index in [9.17, 15) is 4.79 Å². The van der Waals surface area contributed by atoms with Gasteiger partial charge < -0.3 is 4.42 Å². The molecule has 1 amide bonds. The predicted octanol–water partition coefficient (Wildman–Crippen LogP) is 5.46. The Labute approximate surface area is 164 Å². The van der Waals surface area contributed by atoms with Crippen molar-refractivity contribution in [2.45, 2.75) is 17.4 Å². The van der Waals surface area contributed by atoms with Crippen molar-refractivity contribution >= 4 is 46.3 Å². The third-order valence-electron chi connectivity index (χ3n) is 4.02. The first-order valence-electron chi connectivity index (χ1n) is 8.06. The molecule has 1 atom stereocenters. The van der Waals surface area contributed by atoms with E-state index < -0.39 is 0 Å². The molecule has 0 saturated carbocycles. The summed E-state index contributed by atoms with van der Waals surface area (Å²) in [5.74, 6) is 1.01. The van der Waals surface area contributed by atoms with Gasteiger partial charge in [-0.15, -0.1) is 23.1 Å². The number of carbonyl (C=O) groups excluding carboxylic acids is 1. The lowest BCUT2D eigenvalue weighted by Crippen LogP contribution is -2.28. The van der Waals surface area contributed by atoms with Crippen molar-refractivity contribution in [2.75, 3.05) is 5.75 Å². The van der Waals surface area contributed by atoms with Gasteiger partial charge in [0.15, 0.2) is 0 Å². The Balaban J connectivity index is 1.52. The first-order chi connectivity index (χ1) is 12.7. The Kier molecular flexibility index (Phi) is 5.15. The van der Waals surface area contributed by atoms with Crippen molar-refractivity contribution in [1.29, 1.82) is 0 Å². The van der Waals surface area contributed by atoms with Crippen LogP contribution in [0.2, 0.25) is 5.02 Å². The lowest BCUT2D eigenvalue weighted by molar-refractivity contribution is -0.130. The minimum absolute atomic E-state index is 0.0232. The number of amides is 1. The second kappa shape index (κ2) is 7.70.